The Bertz CT molecular complexity index is 3360. The van der Waals surface area contributed by atoms with Gasteiger partial charge in [-0.2, -0.15) is 10.2 Å². The van der Waals surface area contributed by atoms with Gasteiger partial charge in [0.1, 0.15) is 17.1 Å². The van der Waals surface area contributed by atoms with Crippen molar-refractivity contribution in [3.05, 3.63) is 145 Å². The first-order valence-corrected chi connectivity index (χ1v) is 22.3. The van der Waals surface area contributed by atoms with Crippen LogP contribution in [-0.4, -0.2) is 68.4 Å². The maximum absolute atomic E-state index is 15.6. The van der Waals surface area contributed by atoms with Crippen LogP contribution in [0, 0.1) is 25.6 Å². The molecule has 65 heavy (non-hydrogen) atoms. The maximum Gasteiger partial charge on any atom is 0.438 e. The van der Waals surface area contributed by atoms with Crippen molar-refractivity contribution in [2.75, 3.05) is 13.2 Å². The van der Waals surface area contributed by atoms with Crippen molar-refractivity contribution in [2.45, 2.75) is 90.3 Å². The number of rotatable bonds is 7. The first kappa shape index (κ1) is 40.9. The highest BCUT2D eigenvalue weighted by Gasteiger charge is 2.59. The molecule has 1 aliphatic carbocycles. The summed E-state index contributed by atoms with van der Waals surface area (Å²) in [7, 11) is 1.88. The highest BCUT2D eigenvalue weighted by Crippen LogP contribution is 2.56. The molecule has 11 rings (SSSR count). The lowest BCUT2D eigenvalue weighted by atomic mass is 9.83. The second-order valence-corrected chi connectivity index (χ2v) is 19.0. The Hall–Kier alpha value is -6.87. The predicted molar refractivity (Wildman–Crippen MR) is 243 cm³/mol. The lowest BCUT2D eigenvalue weighted by molar-refractivity contribution is -0.0592. The van der Waals surface area contributed by atoms with Crippen LogP contribution in [0.5, 0.6) is 0 Å². The van der Waals surface area contributed by atoms with Crippen LogP contribution in [0.3, 0.4) is 0 Å². The van der Waals surface area contributed by atoms with Gasteiger partial charge in [0.05, 0.1) is 46.0 Å². The Kier molecular flexibility index (Phi) is 9.16. The van der Waals surface area contributed by atoms with Gasteiger partial charge in [-0.25, -0.2) is 13.9 Å². The SMILES string of the molecule is Cc1cc(-n2nc3c(c2-c2cccn(-c4ccc5c(cnn5C)c4)c2=O)[C@H](C)N(C(=O)c2cc4cc([C@H]5CCOC(C)(C)C5)ccc4n2[C@@]2(c4noc(=O)[nH]4)C[C@@H]2C)CC3)cc(C)c1F. The number of carbonyl (C=O) groups excluding carboxylic acids is 1. The Morgan fingerprint density at radius 1 is 0.938 bits per heavy atom. The van der Waals surface area contributed by atoms with Gasteiger partial charge >= 0.3 is 5.76 Å². The molecular formula is C50H50FN9O5. The van der Waals surface area contributed by atoms with Gasteiger partial charge in [-0.3, -0.25) is 28.3 Å². The molecule has 1 amide bonds. The van der Waals surface area contributed by atoms with Crippen LogP contribution in [0.15, 0.2) is 93.2 Å². The topological polar surface area (TPSA) is 151 Å². The van der Waals surface area contributed by atoms with Crippen molar-refractivity contribution in [1.82, 2.24) is 43.7 Å². The van der Waals surface area contributed by atoms with E-state index < -0.39 is 17.3 Å². The summed E-state index contributed by atoms with van der Waals surface area (Å²) in [6, 6.07) is 20.7. The van der Waals surface area contributed by atoms with Crippen molar-refractivity contribution in [1.29, 1.82) is 0 Å². The fourth-order valence-corrected chi connectivity index (χ4v) is 10.9. The zero-order chi connectivity index (χ0) is 45.3. The highest BCUT2D eigenvalue weighted by molar-refractivity contribution is 6.00. The summed E-state index contributed by atoms with van der Waals surface area (Å²) in [5, 5.41) is 15.6. The first-order chi connectivity index (χ1) is 31.1. The largest absolute Gasteiger partial charge is 0.438 e. The zero-order valence-electron chi connectivity index (χ0n) is 37.5. The van der Waals surface area contributed by atoms with E-state index in [2.05, 4.69) is 58.8 Å². The summed E-state index contributed by atoms with van der Waals surface area (Å²) in [6.07, 6.45) is 6.33. The predicted octanol–water partition coefficient (Wildman–Crippen LogP) is 8.18. The Labute approximate surface area is 373 Å². The molecule has 2 aliphatic heterocycles. The van der Waals surface area contributed by atoms with E-state index in [-0.39, 0.29) is 34.7 Å². The van der Waals surface area contributed by atoms with Crippen molar-refractivity contribution >= 4 is 27.7 Å². The molecule has 332 valence electrons. The average Bonchev–Trinajstić information content (AvgIpc) is 3.77. The number of hydrogen-bond acceptors (Lipinski definition) is 8. The second-order valence-electron chi connectivity index (χ2n) is 19.0. The molecule has 1 N–H and O–H groups in total. The fraction of sp³-hybridized carbons (Fsp3) is 0.360. The molecule has 0 unspecified atom stereocenters. The third kappa shape index (κ3) is 6.37. The van der Waals surface area contributed by atoms with Gasteiger partial charge in [0.15, 0.2) is 5.82 Å². The summed E-state index contributed by atoms with van der Waals surface area (Å²) in [4.78, 5) is 47.7. The summed E-state index contributed by atoms with van der Waals surface area (Å²) in [5.41, 5.74) is 6.67. The number of halogens is 1. The molecule has 2 fully saturated rings. The normalized spacial score (nSPS) is 21.6. The number of fused-ring (bicyclic) bond motifs is 3. The van der Waals surface area contributed by atoms with E-state index >= 15 is 9.18 Å². The number of carbonyl (C=O) groups is 1. The number of aryl methyl sites for hydroxylation is 3. The summed E-state index contributed by atoms with van der Waals surface area (Å²) in [6.45, 7) is 12.8. The third-order valence-corrected chi connectivity index (χ3v) is 14.3. The van der Waals surface area contributed by atoms with Crippen molar-refractivity contribution in [3.63, 3.8) is 0 Å². The van der Waals surface area contributed by atoms with E-state index in [1.807, 2.05) is 49.2 Å². The monoisotopic (exact) mass is 875 g/mol. The standard InChI is InChI=1S/C50H50FN9O5/c1-27-19-36(20-28(2)43(27)51)60-44(37-9-8-16-58(45(37)61)35-11-13-39-34(22-35)26-52-56(39)7)42-30(4)57(17-14-38(42)54-60)46(62)41-23-33-21-31(32-15-18-64-49(5,6)25-32)10-12-40(33)59(41)50(24-29(50)3)47-53-48(63)65-55-47/h8-13,16,19-23,26,29-30,32H,14-15,17-18,24-25H2,1-7H3,(H,53,55,63)/t29-,30-,32-,50-/m0/s1. The number of pyridine rings is 1. The Balaban J connectivity index is 1.06. The Morgan fingerprint density at radius 2 is 1.71 bits per heavy atom. The van der Waals surface area contributed by atoms with Crippen LogP contribution >= 0.6 is 0 Å². The van der Waals surface area contributed by atoms with Gasteiger partial charge in [0.25, 0.3) is 11.5 Å². The number of nitrogens with zero attached hydrogens (tertiary/aromatic N) is 8. The Morgan fingerprint density at radius 3 is 2.43 bits per heavy atom. The van der Waals surface area contributed by atoms with E-state index in [0.29, 0.717) is 71.3 Å². The lowest BCUT2D eigenvalue weighted by Gasteiger charge is -2.35. The van der Waals surface area contributed by atoms with Gasteiger partial charge in [-0.05, 0) is 143 Å². The number of benzene rings is 3. The molecule has 0 radical (unpaired) electrons. The quantitative estimate of drug-likeness (QED) is 0.169. The smallest absolute Gasteiger partial charge is 0.376 e. The van der Waals surface area contributed by atoms with Crippen molar-refractivity contribution in [3.8, 4) is 22.6 Å². The molecule has 7 heterocycles. The van der Waals surface area contributed by atoms with Crippen LogP contribution in [0.25, 0.3) is 44.4 Å². The summed E-state index contributed by atoms with van der Waals surface area (Å²) in [5.74, 6) is -0.475. The van der Waals surface area contributed by atoms with Crippen LogP contribution in [-0.2, 0) is 23.7 Å². The number of H-pyrrole nitrogens is 1. The molecule has 1 saturated carbocycles. The number of nitrogens with one attached hydrogen (secondary N) is 1. The molecule has 3 aliphatic rings. The van der Waals surface area contributed by atoms with Gasteiger partial charge in [0, 0.05) is 60.4 Å². The molecule has 0 bridgehead atoms. The fourth-order valence-electron chi connectivity index (χ4n) is 10.9. The van der Waals surface area contributed by atoms with E-state index in [1.165, 1.54) is 5.56 Å². The van der Waals surface area contributed by atoms with Gasteiger partial charge < -0.3 is 14.2 Å². The molecule has 3 aromatic carbocycles. The maximum atomic E-state index is 15.6. The van der Waals surface area contributed by atoms with E-state index in [1.54, 1.807) is 58.4 Å². The number of aromatic amines is 1. The minimum Gasteiger partial charge on any atom is -0.376 e. The minimum absolute atomic E-state index is 0.0262. The van der Waals surface area contributed by atoms with Gasteiger partial charge in [0.2, 0.25) is 0 Å². The summed E-state index contributed by atoms with van der Waals surface area (Å²) >= 11 is 0. The van der Waals surface area contributed by atoms with Crippen molar-refractivity contribution < 1.29 is 18.4 Å². The van der Waals surface area contributed by atoms with E-state index in [9.17, 15) is 9.59 Å². The van der Waals surface area contributed by atoms with Gasteiger partial charge in [-0.1, -0.05) is 18.1 Å². The summed E-state index contributed by atoms with van der Waals surface area (Å²) < 4.78 is 33.5. The third-order valence-electron chi connectivity index (χ3n) is 14.3. The van der Waals surface area contributed by atoms with Crippen LogP contribution in [0.2, 0.25) is 0 Å². The number of ether oxygens (including phenoxy) is 1. The highest BCUT2D eigenvalue weighted by atomic mass is 19.1. The van der Waals surface area contributed by atoms with Crippen LogP contribution in [0.4, 0.5) is 4.39 Å². The molecular weight excluding hydrogens is 826 g/mol. The zero-order valence-corrected chi connectivity index (χ0v) is 37.5. The van der Waals surface area contributed by atoms with Crippen LogP contribution < -0.4 is 11.3 Å². The molecule has 14 nitrogen and oxygen atoms in total. The number of aromatic nitrogens is 8. The number of hydrogen-bond donors (Lipinski definition) is 1. The molecule has 1 saturated heterocycles. The molecule has 5 aromatic heterocycles. The van der Waals surface area contributed by atoms with E-state index in [4.69, 9.17) is 14.4 Å². The average molecular weight is 876 g/mol. The second kappa shape index (κ2) is 14.6. The van der Waals surface area contributed by atoms with Crippen LogP contribution in [0.1, 0.15) is 103 Å². The minimum atomic E-state index is -0.826. The van der Waals surface area contributed by atoms with Crippen molar-refractivity contribution in [2.24, 2.45) is 13.0 Å². The van der Waals surface area contributed by atoms with E-state index in [0.717, 1.165) is 45.9 Å². The first-order valence-electron chi connectivity index (χ1n) is 22.3. The van der Waals surface area contributed by atoms with Gasteiger partial charge in [-0.15, -0.1) is 0 Å². The number of amides is 1. The lowest BCUT2D eigenvalue weighted by Crippen LogP contribution is -2.41. The molecule has 0 spiro atoms. The molecule has 4 atom stereocenters. The molecule has 15 heteroatoms. The molecule has 8 aromatic rings.